The summed E-state index contributed by atoms with van der Waals surface area (Å²) in [7, 11) is 0. The van der Waals surface area contributed by atoms with Crippen LogP contribution in [0.3, 0.4) is 0 Å². The summed E-state index contributed by atoms with van der Waals surface area (Å²) in [5.74, 6) is -0.411. The molecule has 0 aliphatic heterocycles. The Balaban J connectivity index is 2.89. The molecule has 1 rings (SSSR count). The monoisotopic (exact) mass is 293 g/mol. The highest BCUT2D eigenvalue weighted by molar-refractivity contribution is 5.99. The molecule has 0 unspecified atom stereocenters. The molecule has 0 saturated carbocycles. The molecule has 1 aromatic carbocycles. The number of anilines is 1. The largest absolute Gasteiger partial charge is 0.385 e. The van der Waals surface area contributed by atoms with Gasteiger partial charge in [-0.05, 0) is 30.9 Å². The summed E-state index contributed by atoms with van der Waals surface area (Å²) in [6.07, 6.45) is 0.805. The molecule has 0 atom stereocenters. The molecule has 116 valence electrons. The predicted octanol–water partition coefficient (Wildman–Crippen LogP) is 3.19. The van der Waals surface area contributed by atoms with E-state index in [0.29, 0.717) is 18.8 Å². The third kappa shape index (κ3) is 5.41. The van der Waals surface area contributed by atoms with Crippen LogP contribution in [0.5, 0.6) is 0 Å². The first-order valence-corrected chi connectivity index (χ1v) is 7.05. The van der Waals surface area contributed by atoms with Gasteiger partial charge in [0.2, 0.25) is 0 Å². The number of rotatable bonds is 6. The maximum absolute atomic E-state index is 12.2. The van der Waals surface area contributed by atoms with Crippen molar-refractivity contribution < 1.29 is 9.72 Å². The number of amides is 1. The third-order valence-corrected chi connectivity index (χ3v) is 2.98. The molecule has 0 spiro atoms. The van der Waals surface area contributed by atoms with Crippen molar-refractivity contribution in [1.29, 1.82) is 0 Å². The average Bonchev–Trinajstić information content (AvgIpc) is 2.37. The van der Waals surface area contributed by atoms with Crippen LogP contribution in [-0.4, -0.2) is 23.9 Å². The van der Waals surface area contributed by atoms with E-state index in [2.05, 4.69) is 31.4 Å². The van der Waals surface area contributed by atoms with Crippen LogP contribution < -0.4 is 10.6 Å². The molecule has 0 radical (unpaired) electrons. The zero-order valence-electron chi connectivity index (χ0n) is 13.0. The van der Waals surface area contributed by atoms with Crippen molar-refractivity contribution in [1.82, 2.24) is 5.32 Å². The molecule has 0 aromatic heterocycles. The second kappa shape index (κ2) is 7.06. The normalized spacial score (nSPS) is 11.0. The molecule has 2 N–H and O–H groups in total. The Morgan fingerprint density at radius 1 is 1.33 bits per heavy atom. The van der Waals surface area contributed by atoms with Crippen molar-refractivity contribution in [2.45, 2.75) is 34.1 Å². The van der Waals surface area contributed by atoms with Crippen LogP contribution in [0.15, 0.2) is 18.2 Å². The number of hydrogen-bond donors (Lipinski definition) is 2. The highest BCUT2D eigenvalue weighted by Gasteiger charge is 2.21. The summed E-state index contributed by atoms with van der Waals surface area (Å²) < 4.78 is 0. The fourth-order valence-electron chi connectivity index (χ4n) is 1.84. The van der Waals surface area contributed by atoms with Gasteiger partial charge in [-0.1, -0.05) is 20.8 Å². The number of nitro benzene ring substituents is 1. The van der Waals surface area contributed by atoms with Crippen LogP contribution in [0.1, 0.15) is 44.5 Å². The van der Waals surface area contributed by atoms with E-state index in [1.165, 1.54) is 12.1 Å². The number of carbonyl (C=O) groups excluding carboxylic acids is 1. The molecular weight excluding hydrogens is 270 g/mol. The zero-order valence-corrected chi connectivity index (χ0v) is 13.0. The number of nitro groups is 1. The predicted molar refractivity (Wildman–Crippen MR) is 83.7 cm³/mol. The Kier molecular flexibility index (Phi) is 5.69. The van der Waals surface area contributed by atoms with Crippen molar-refractivity contribution in [3.63, 3.8) is 0 Å². The SMILES string of the molecule is CCNc1ccc([N+](=O)[O-])c(C(=O)NCCC(C)(C)C)c1. The molecule has 0 bridgehead atoms. The number of benzene rings is 1. The van der Waals surface area contributed by atoms with E-state index in [0.717, 1.165) is 6.42 Å². The maximum Gasteiger partial charge on any atom is 0.282 e. The van der Waals surface area contributed by atoms with E-state index in [4.69, 9.17) is 0 Å². The zero-order chi connectivity index (χ0) is 16.0. The molecule has 0 aliphatic rings. The van der Waals surface area contributed by atoms with Gasteiger partial charge in [-0.2, -0.15) is 0 Å². The van der Waals surface area contributed by atoms with Gasteiger partial charge in [-0.3, -0.25) is 14.9 Å². The summed E-state index contributed by atoms with van der Waals surface area (Å²) in [5, 5.41) is 16.8. The van der Waals surface area contributed by atoms with Crippen molar-refractivity contribution in [2.75, 3.05) is 18.4 Å². The molecular formula is C15H23N3O3. The molecule has 1 amide bonds. The van der Waals surface area contributed by atoms with Crippen molar-refractivity contribution in [3.05, 3.63) is 33.9 Å². The van der Waals surface area contributed by atoms with Crippen LogP contribution >= 0.6 is 0 Å². The highest BCUT2D eigenvalue weighted by Crippen LogP contribution is 2.23. The van der Waals surface area contributed by atoms with E-state index in [9.17, 15) is 14.9 Å². The van der Waals surface area contributed by atoms with Crippen molar-refractivity contribution >= 4 is 17.3 Å². The van der Waals surface area contributed by atoms with Crippen LogP contribution in [0.4, 0.5) is 11.4 Å². The summed E-state index contributed by atoms with van der Waals surface area (Å²) in [4.78, 5) is 22.7. The lowest BCUT2D eigenvalue weighted by molar-refractivity contribution is -0.385. The van der Waals surface area contributed by atoms with E-state index >= 15 is 0 Å². The van der Waals surface area contributed by atoms with Gasteiger partial charge in [0, 0.05) is 24.8 Å². The first-order valence-electron chi connectivity index (χ1n) is 7.05. The Hall–Kier alpha value is -2.11. The van der Waals surface area contributed by atoms with Gasteiger partial charge in [0.25, 0.3) is 11.6 Å². The lowest BCUT2D eigenvalue weighted by atomic mass is 9.92. The number of carbonyl (C=O) groups is 1. The van der Waals surface area contributed by atoms with Gasteiger partial charge in [-0.25, -0.2) is 0 Å². The quantitative estimate of drug-likeness (QED) is 0.623. The fraction of sp³-hybridized carbons (Fsp3) is 0.533. The summed E-state index contributed by atoms with van der Waals surface area (Å²) >= 11 is 0. The fourth-order valence-corrected chi connectivity index (χ4v) is 1.84. The molecule has 6 nitrogen and oxygen atoms in total. The second-order valence-electron chi connectivity index (χ2n) is 6.09. The first-order chi connectivity index (χ1) is 9.74. The summed E-state index contributed by atoms with van der Waals surface area (Å²) in [5.41, 5.74) is 0.714. The van der Waals surface area contributed by atoms with E-state index in [-0.39, 0.29) is 16.7 Å². The van der Waals surface area contributed by atoms with E-state index in [1.54, 1.807) is 6.07 Å². The Morgan fingerprint density at radius 2 is 2.00 bits per heavy atom. The molecule has 0 saturated heterocycles. The first kappa shape index (κ1) is 16.9. The Labute approximate surface area is 125 Å². The maximum atomic E-state index is 12.2. The lowest BCUT2D eigenvalue weighted by Gasteiger charge is -2.18. The van der Waals surface area contributed by atoms with E-state index < -0.39 is 10.8 Å². The average molecular weight is 293 g/mol. The van der Waals surface area contributed by atoms with Crippen LogP contribution in [0.25, 0.3) is 0 Å². The van der Waals surface area contributed by atoms with Gasteiger partial charge in [0.1, 0.15) is 5.56 Å². The molecule has 6 heteroatoms. The van der Waals surface area contributed by atoms with Gasteiger partial charge < -0.3 is 10.6 Å². The van der Waals surface area contributed by atoms with Gasteiger partial charge in [0.15, 0.2) is 0 Å². The topological polar surface area (TPSA) is 84.3 Å². The minimum atomic E-state index is -0.533. The smallest absolute Gasteiger partial charge is 0.282 e. The second-order valence-corrected chi connectivity index (χ2v) is 6.09. The molecule has 0 heterocycles. The molecule has 0 fully saturated rings. The minimum absolute atomic E-state index is 0.0901. The summed E-state index contributed by atoms with van der Waals surface area (Å²) in [6.45, 7) is 9.33. The van der Waals surface area contributed by atoms with Crippen LogP contribution in [-0.2, 0) is 0 Å². The van der Waals surface area contributed by atoms with Crippen molar-refractivity contribution in [3.8, 4) is 0 Å². The number of hydrogen-bond acceptors (Lipinski definition) is 4. The lowest BCUT2D eigenvalue weighted by Crippen LogP contribution is -2.28. The number of nitrogens with zero attached hydrogens (tertiary/aromatic N) is 1. The molecule has 0 aliphatic carbocycles. The van der Waals surface area contributed by atoms with Crippen LogP contribution in [0.2, 0.25) is 0 Å². The van der Waals surface area contributed by atoms with Gasteiger partial charge in [0.05, 0.1) is 4.92 Å². The number of nitrogens with one attached hydrogen (secondary N) is 2. The van der Waals surface area contributed by atoms with Crippen LogP contribution in [0, 0.1) is 15.5 Å². The minimum Gasteiger partial charge on any atom is -0.385 e. The Bertz CT molecular complexity index is 521. The third-order valence-electron chi connectivity index (χ3n) is 2.98. The highest BCUT2D eigenvalue weighted by atomic mass is 16.6. The standard InChI is InChI=1S/C15H23N3O3/c1-5-16-11-6-7-13(18(20)21)12(10-11)14(19)17-9-8-15(2,3)4/h6-7,10,16H,5,8-9H2,1-4H3,(H,17,19). The van der Waals surface area contributed by atoms with Gasteiger partial charge in [-0.15, -0.1) is 0 Å². The summed E-state index contributed by atoms with van der Waals surface area (Å²) in [6, 6.07) is 4.48. The van der Waals surface area contributed by atoms with E-state index in [1.807, 2.05) is 6.92 Å². The molecule has 1 aromatic rings. The van der Waals surface area contributed by atoms with Crippen molar-refractivity contribution in [2.24, 2.45) is 5.41 Å². The Morgan fingerprint density at radius 3 is 2.52 bits per heavy atom. The molecule has 21 heavy (non-hydrogen) atoms. The van der Waals surface area contributed by atoms with Gasteiger partial charge >= 0.3 is 0 Å².